The molecule has 6 heteroatoms. The van der Waals surface area contributed by atoms with Crippen molar-refractivity contribution < 1.29 is 14.3 Å². The first-order valence-electron chi connectivity index (χ1n) is 6.16. The van der Waals surface area contributed by atoms with Crippen LogP contribution in [0.4, 0.5) is 0 Å². The number of imidazole rings is 1. The first-order chi connectivity index (χ1) is 9.74. The molecule has 0 saturated heterocycles. The molecule has 0 N–H and O–H groups in total. The number of halogens is 1. The number of benzene rings is 1. The molecule has 0 atom stereocenters. The van der Waals surface area contributed by atoms with E-state index in [-0.39, 0.29) is 0 Å². The summed E-state index contributed by atoms with van der Waals surface area (Å²) in [6, 6.07) is 3.16. The van der Waals surface area contributed by atoms with Gasteiger partial charge in [-0.2, -0.15) is 0 Å². The Hall–Kier alpha value is -2.01. The minimum Gasteiger partial charge on any atom is -0.493 e. The van der Waals surface area contributed by atoms with Gasteiger partial charge in [0.1, 0.15) is 6.29 Å². The van der Waals surface area contributed by atoms with Crippen LogP contribution in [0, 0.1) is 0 Å². The van der Waals surface area contributed by atoms with Gasteiger partial charge in [-0.3, -0.25) is 4.79 Å². The van der Waals surface area contributed by atoms with Crippen LogP contribution < -0.4 is 9.47 Å². The zero-order chi connectivity index (χ0) is 14.4. The zero-order valence-corrected chi connectivity index (χ0v) is 11.8. The summed E-state index contributed by atoms with van der Waals surface area (Å²) in [6.45, 7) is 1.31. The molecule has 0 spiro atoms. The van der Waals surface area contributed by atoms with Crippen molar-refractivity contribution in [2.24, 2.45) is 0 Å². The van der Waals surface area contributed by atoms with Gasteiger partial charge in [-0.25, -0.2) is 4.98 Å². The van der Waals surface area contributed by atoms with Crippen molar-refractivity contribution >= 4 is 17.9 Å². The summed E-state index contributed by atoms with van der Waals surface area (Å²) in [5, 5.41) is 0.370. The Balaban J connectivity index is 1.96. The van der Waals surface area contributed by atoms with Gasteiger partial charge in [0.15, 0.2) is 11.5 Å². The van der Waals surface area contributed by atoms with Crippen LogP contribution in [-0.4, -0.2) is 29.6 Å². The van der Waals surface area contributed by atoms with Crippen LogP contribution >= 0.6 is 11.6 Å². The van der Waals surface area contributed by atoms with Gasteiger partial charge >= 0.3 is 0 Å². The molecule has 1 aromatic heterocycles. The summed E-state index contributed by atoms with van der Waals surface area (Å²) >= 11 is 6.09. The minimum absolute atomic E-state index is 0.370. The lowest BCUT2D eigenvalue weighted by molar-refractivity contribution is 0.112. The summed E-state index contributed by atoms with van der Waals surface area (Å²) in [5.41, 5.74) is 0.456. The van der Waals surface area contributed by atoms with Gasteiger partial charge in [0.2, 0.25) is 0 Å². The lowest BCUT2D eigenvalue weighted by Gasteiger charge is -2.13. The first-order valence-corrected chi connectivity index (χ1v) is 6.53. The SMILES string of the molecule is COc1cc(C=O)cc(Cl)c1OCCCn1ccnc1. The van der Waals surface area contributed by atoms with Gasteiger partial charge in [0.05, 0.1) is 25.1 Å². The Labute approximate surface area is 122 Å². The predicted octanol–water partition coefficient (Wildman–Crippen LogP) is 2.83. The largest absolute Gasteiger partial charge is 0.493 e. The third-order valence-corrected chi connectivity index (χ3v) is 3.03. The number of hydrogen-bond acceptors (Lipinski definition) is 4. The molecule has 0 aliphatic carbocycles. The molecule has 2 aromatic rings. The van der Waals surface area contributed by atoms with Crippen LogP contribution in [0.3, 0.4) is 0 Å². The molecule has 0 aliphatic rings. The van der Waals surface area contributed by atoms with E-state index in [1.54, 1.807) is 24.7 Å². The van der Waals surface area contributed by atoms with Crippen molar-refractivity contribution in [1.82, 2.24) is 9.55 Å². The molecular weight excluding hydrogens is 280 g/mol. The lowest BCUT2D eigenvalue weighted by atomic mass is 10.2. The summed E-state index contributed by atoms with van der Waals surface area (Å²) in [4.78, 5) is 14.7. The molecule has 0 fully saturated rings. The normalized spacial score (nSPS) is 10.3. The van der Waals surface area contributed by atoms with Crippen LogP contribution in [0.1, 0.15) is 16.8 Å². The molecule has 5 nitrogen and oxygen atoms in total. The number of rotatable bonds is 7. The van der Waals surface area contributed by atoms with Crippen molar-refractivity contribution in [3.8, 4) is 11.5 Å². The van der Waals surface area contributed by atoms with Crippen molar-refractivity contribution in [1.29, 1.82) is 0 Å². The summed E-state index contributed by atoms with van der Waals surface area (Å²) in [5.74, 6) is 0.924. The van der Waals surface area contributed by atoms with E-state index in [2.05, 4.69) is 4.98 Å². The molecule has 2 rings (SSSR count). The second-order valence-corrected chi connectivity index (χ2v) is 4.56. The Bertz CT molecular complexity index is 570. The predicted molar refractivity (Wildman–Crippen MR) is 75.7 cm³/mol. The van der Waals surface area contributed by atoms with Crippen LogP contribution in [0.5, 0.6) is 11.5 Å². The first kappa shape index (κ1) is 14.4. The monoisotopic (exact) mass is 294 g/mol. The maximum atomic E-state index is 10.8. The van der Waals surface area contributed by atoms with E-state index < -0.39 is 0 Å². The van der Waals surface area contributed by atoms with Gasteiger partial charge in [0.25, 0.3) is 0 Å². The number of nitrogens with zero attached hydrogens (tertiary/aromatic N) is 2. The molecule has 1 heterocycles. The molecule has 20 heavy (non-hydrogen) atoms. The maximum Gasteiger partial charge on any atom is 0.179 e. The highest BCUT2D eigenvalue weighted by Gasteiger charge is 2.11. The minimum atomic E-state index is 0.370. The Morgan fingerprint density at radius 1 is 1.45 bits per heavy atom. The Morgan fingerprint density at radius 3 is 2.95 bits per heavy atom. The highest BCUT2D eigenvalue weighted by Crippen LogP contribution is 2.36. The average molecular weight is 295 g/mol. The number of ether oxygens (including phenoxy) is 2. The topological polar surface area (TPSA) is 53.4 Å². The van der Waals surface area contributed by atoms with Gasteiger partial charge in [0, 0.05) is 24.5 Å². The van der Waals surface area contributed by atoms with E-state index in [0.29, 0.717) is 28.7 Å². The standard InChI is InChI=1S/C14H15ClN2O3/c1-19-13-8-11(9-18)7-12(15)14(13)20-6-2-4-17-5-3-16-10-17/h3,5,7-10H,2,4,6H2,1H3. The number of methoxy groups -OCH3 is 1. The smallest absolute Gasteiger partial charge is 0.179 e. The number of aryl methyl sites for hydroxylation is 1. The van der Waals surface area contributed by atoms with Crippen LogP contribution in [0.25, 0.3) is 0 Å². The fraction of sp³-hybridized carbons (Fsp3) is 0.286. The zero-order valence-electron chi connectivity index (χ0n) is 11.1. The molecule has 1 aromatic carbocycles. The second kappa shape index (κ2) is 6.96. The molecule has 0 bridgehead atoms. The van der Waals surface area contributed by atoms with Crippen LogP contribution in [0.2, 0.25) is 5.02 Å². The number of aldehydes is 1. The van der Waals surface area contributed by atoms with Crippen molar-refractivity contribution in [3.05, 3.63) is 41.4 Å². The van der Waals surface area contributed by atoms with Gasteiger partial charge in [-0.05, 0) is 18.6 Å². The molecule has 0 aliphatic heterocycles. The summed E-state index contributed by atoms with van der Waals surface area (Å²) < 4.78 is 12.8. The van der Waals surface area contributed by atoms with E-state index in [1.807, 2.05) is 10.8 Å². The van der Waals surface area contributed by atoms with Crippen LogP contribution in [0.15, 0.2) is 30.9 Å². The number of hydrogen-bond donors (Lipinski definition) is 0. The fourth-order valence-corrected chi connectivity index (χ4v) is 2.06. The van der Waals surface area contributed by atoms with Gasteiger partial charge in [-0.1, -0.05) is 11.6 Å². The van der Waals surface area contributed by atoms with E-state index in [4.69, 9.17) is 21.1 Å². The maximum absolute atomic E-state index is 10.8. The fourth-order valence-electron chi connectivity index (χ4n) is 1.79. The molecule has 0 amide bonds. The highest BCUT2D eigenvalue weighted by atomic mass is 35.5. The number of aromatic nitrogens is 2. The van der Waals surface area contributed by atoms with Gasteiger partial charge in [-0.15, -0.1) is 0 Å². The summed E-state index contributed by atoms with van der Waals surface area (Å²) in [7, 11) is 1.51. The van der Waals surface area contributed by atoms with E-state index >= 15 is 0 Å². The van der Waals surface area contributed by atoms with Crippen molar-refractivity contribution in [3.63, 3.8) is 0 Å². The van der Waals surface area contributed by atoms with Crippen LogP contribution in [-0.2, 0) is 6.54 Å². The quantitative estimate of drug-likeness (QED) is 0.582. The molecule has 0 radical (unpaired) electrons. The molecular formula is C14H15ClN2O3. The third-order valence-electron chi connectivity index (χ3n) is 2.75. The molecule has 0 unspecified atom stereocenters. The average Bonchev–Trinajstić information content (AvgIpc) is 2.97. The second-order valence-electron chi connectivity index (χ2n) is 4.15. The van der Waals surface area contributed by atoms with Crippen molar-refractivity contribution in [2.75, 3.05) is 13.7 Å². The third kappa shape index (κ3) is 3.51. The Kier molecular flexibility index (Phi) is 5.01. The molecule has 106 valence electrons. The van der Waals surface area contributed by atoms with Gasteiger partial charge < -0.3 is 14.0 Å². The number of carbonyl (C=O) groups excluding carboxylic acids is 1. The van der Waals surface area contributed by atoms with E-state index in [0.717, 1.165) is 19.3 Å². The van der Waals surface area contributed by atoms with E-state index in [1.165, 1.54) is 7.11 Å². The molecule has 0 saturated carbocycles. The van der Waals surface area contributed by atoms with Crippen molar-refractivity contribution in [2.45, 2.75) is 13.0 Å². The Morgan fingerprint density at radius 2 is 2.30 bits per heavy atom. The van der Waals surface area contributed by atoms with E-state index in [9.17, 15) is 4.79 Å². The highest BCUT2D eigenvalue weighted by molar-refractivity contribution is 6.32. The number of carbonyl (C=O) groups is 1. The summed E-state index contributed by atoms with van der Waals surface area (Å²) in [6.07, 6.45) is 6.92. The lowest BCUT2D eigenvalue weighted by Crippen LogP contribution is -2.04.